The highest BCUT2D eigenvalue weighted by Crippen LogP contribution is 2.22. The fourth-order valence-electron chi connectivity index (χ4n) is 1.89. The Morgan fingerprint density at radius 1 is 1.06 bits per heavy atom. The SMILES string of the molecule is CCCNCc1ccccc1-c1ccncc1. The van der Waals surface area contributed by atoms with Crippen LogP contribution in [0.15, 0.2) is 48.8 Å². The largest absolute Gasteiger partial charge is 0.313 e. The zero-order valence-electron chi connectivity index (χ0n) is 10.2. The summed E-state index contributed by atoms with van der Waals surface area (Å²) in [4.78, 5) is 4.06. The molecule has 0 radical (unpaired) electrons. The minimum atomic E-state index is 0.923. The van der Waals surface area contributed by atoms with Crippen LogP contribution in [0.4, 0.5) is 0 Å². The summed E-state index contributed by atoms with van der Waals surface area (Å²) in [6, 6.07) is 12.6. The minimum Gasteiger partial charge on any atom is -0.313 e. The molecular formula is C15H18N2. The Morgan fingerprint density at radius 2 is 1.82 bits per heavy atom. The van der Waals surface area contributed by atoms with Crippen molar-refractivity contribution in [1.82, 2.24) is 10.3 Å². The molecule has 0 aliphatic rings. The van der Waals surface area contributed by atoms with E-state index in [1.807, 2.05) is 12.4 Å². The van der Waals surface area contributed by atoms with Crippen LogP contribution < -0.4 is 5.32 Å². The fraction of sp³-hybridized carbons (Fsp3) is 0.267. The molecule has 17 heavy (non-hydrogen) atoms. The summed E-state index contributed by atoms with van der Waals surface area (Å²) in [5.41, 5.74) is 3.86. The first kappa shape index (κ1) is 11.8. The van der Waals surface area contributed by atoms with Gasteiger partial charge in [-0.3, -0.25) is 4.98 Å². The van der Waals surface area contributed by atoms with E-state index in [2.05, 4.69) is 53.6 Å². The van der Waals surface area contributed by atoms with Crippen LogP contribution in [-0.2, 0) is 6.54 Å². The lowest BCUT2D eigenvalue weighted by Gasteiger charge is -2.10. The van der Waals surface area contributed by atoms with Crippen LogP contribution in [-0.4, -0.2) is 11.5 Å². The van der Waals surface area contributed by atoms with Crippen LogP contribution in [0.3, 0.4) is 0 Å². The van der Waals surface area contributed by atoms with Crippen molar-refractivity contribution in [1.29, 1.82) is 0 Å². The van der Waals surface area contributed by atoms with Crippen molar-refractivity contribution in [3.63, 3.8) is 0 Å². The zero-order chi connectivity index (χ0) is 11.9. The molecular weight excluding hydrogens is 208 g/mol. The third-order valence-corrected chi connectivity index (χ3v) is 2.75. The number of benzene rings is 1. The molecule has 2 rings (SSSR count). The second-order valence-corrected chi connectivity index (χ2v) is 4.07. The summed E-state index contributed by atoms with van der Waals surface area (Å²) >= 11 is 0. The molecule has 0 unspecified atom stereocenters. The first-order valence-corrected chi connectivity index (χ1v) is 6.11. The van der Waals surface area contributed by atoms with E-state index in [4.69, 9.17) is 0 Å². The maximum Gasteiger partial charge on any atom is 0.0273 e. The lowest BCUT2D eigenvalue weighted by molar-refractivity contribution is 0.676. The predicted octanol–water partition coefficient (Wildman–Crippen LogP) is 3.25. The number of nitrogens with zero attached hydrogens (tertiary/aromatic N) is 1. The highest BCUT2D eigenvalue weighted by Gasteiger charge is 2.03. The van der Waals surface area contributed by atoms with Gasteiger partial charge in [-0.25, -0.2) is 0 Å². The second kappa shape index (κ2) is 6.16. The van der Waals surface area contributed by atoms with Gasteiger partial charge in [0.2, 0.25) is 0 Å². The Balaban J connectivity index is 2.22. The monoisotopic (exact) mass is 226 g/mol. The van der Waals surface area contributed by atoms with E-state index in [1.54, 1.807) is 0 Å². The maximum atomic E-state index is 4.06. The van der Waals surface area contributed by atoms with Crippen LogP contribution in [0.2, 0.25) is 0 Å². The van der Waals surface area contributed by atoms with E-state index < -0.39 is 0 Å². The number of pyridine rings is 1. The van der Waals surface area contributed by atoms with Gasteiger partial charge in [-0.1, -0.05) is 31.2 Å². The summed E-state index contributed by atoms with van der Waals surface area (Å²) in [5, 5.41) is 3.45. The zero-order valence-corrected chi connectivity index (χ0v) is 10.2. The van der Waals surface area contributed by atoms with Gasteiger partial charge in [-0.15, -0.1) is 0 Å². The summed E-state index contributed by atoms with van der Waals surface area (Å²) in [6.07, 6.45) is 4.84. The van der Waals surface area contributed by atoms with Gasteiger partial charge in [0.15, 0.2) is 0 Å². The fourth-order valence-corrected chi connectivity index (χ4v) is 1.89. The quantitative estimate of drug-likeness (QED) is 0.792. The normalized spacial score (nSPS) is 10.4. The van der Waals surface area contributed by atoms with Crippen molar-refractivity contribution in [2.24, 2.45) is 0 Å². The number of hydrogen-bond donors (Lipinski definition) is 1. The van der Waals surface area contributed by atoms with Gasteiger partial charge >= 0.3 is 0 Å². The Bertz CT molecular complexity index is 451. The predicted molar refractivity (Wildman–Crippen MR) is 71.7 cm³/mol. The van der Waals surface area contributed by atoms with E-state index in [-0.39, 0.29) is 0 Å². The Hall–Kier alpha value is -1.67. The van der Waals surface area contributed by atoms with Gasteiger partial charge in [0, 0.05) is 18.9 Å². The highest BCUT2D eigenvalue weighted by atomic mass is 14.8. The maximum absolute atomic E-state index is 4.06. The van der Waals surface area contributed by atoms with Gasteiger partial charge in [-0.2, -0.15) is 0 Å². The van der Waals surface area contributed by atoms with Crippen LogP contribution in [0.5, 0.6) is 0 Å². The third-order valence-electron chi connectivity index (χ3n) is 2.75. The van der Waals surface area contributed by atoms with Crippen molar-refractivity contribution in [2.45, 2.75) is 19.9 Å². The Labute approximate surface area is 103 Å². The highest BCUT2D eigenvalue weighted by molar-refractivity contribution is 5.66. The lowest BCUT2D eigenvalue weighted by atomic mass is 10.0. The van der Waals surface area contributed by atoms with Crippen molar-refractivity contribution < 1.29 is 0 Å². The van der Waals surface area contributed by atoms with Crippen molar-refractivity contribution in [3.8, 4) is 11.1 Å². The number of nitrogens with one attached hydrogen (secondary N) is 1. The van der Waals surface area contributed by atoms with Crippen LogP contribution in [0.1, 0.15) is 18.9 Å². The first-order valence-electron chi connectivity index (χ1n) is 6.11. The van der Waals surface area contributed by atoms with Crippen LogP contribution in [0.25, 0.3) is 11.1 Å². The Morgan fingerprint density at radius 3 is 2.59 bits per heavy atom. The summed E-state index contributed by atoms with van der Waals surface area (Å²) in [7, 11) is 0. The minimum absolute atomic E-state index is 0.923. The summed E-state index contributed by atoms with van der Waals surface area (Å²) < 4.78 is 0. The van der Waals surface area contributed by atoms with Crippen molar-refractivity contribution in [2.75, 3.05) is 6.54 Å². The van der Waals surface area contributed by atoms with E-state index in [0.717, 1.165) is 19.5 Å². The molecule has 88 valence electrons. The number of aromatic nitrogens is 1. The van der Waals surface area contributed by atoms with Gasteiger partial charge in [0.25, 0.3) is 0 Å². The van der Waals surface area contributed by atoms with Crippen LogP contribution >= 0.6 is 0 Å². The summed E-state index contributed by atoms with van der Waals surface area (Å²) in [5.74, 6) is 0. The molecule has 0 spiro atoms. The smallest absolute Gasteiger partial charge is 0.0273 e. The van der Waals surface area contributed by atoms with E-state index in [9.17, 15) is 0 Å². The van der Waals surface area contributed by atoms with Gasteiger partial charge in [0.1, 0.15) is 0 Å². The second-order valence-electron chi connectivity index (χ2n) is 4.07. The first-order chi connectivity index (χ1) is 8.42. The van der Waals surface area contributed by atoms with Gasteiger partial charge < -0.3 is 5.32 Å². The molecule has 0 saturated heterocycles. The molecule has 2 heteroatoms. The number of rotatable bonds is 5. The molecule has 0 aliphatic heterocycles. The average Bonchev–Trinajstić information content (AvgIpc) is 2.41. The average molecular weight is 226 g/mol. The molecule has 0 atom stereocenters. The number of hydrogen-bond acceptors (Lipinski definition) is 2. The molecule has 1 aromatic heterocycles. The molecule has 2 aromatic rings. The van der Waals surface area contributed by atoms with Gasteiger partial charge in [0.05, 0.1) is 0 Å². The third kappa shape index (κ3) is 3.14. The Kier molecular flexibility index (Phi) is 4.28. The van der Waals surface area contributed by atoms with Crippen LogP contribution in [0, 0.1) is 0 Å². The molecule has 0 saturated carbocycles. The van der Waals surface area contributed by atoms with E-state index in [1.165, 1.54) is 16.7 Å². The molecule has 0 fully saturated rings. The van der Waals surface area contributed by atoms with Crippen molar-refractivity contribution in [3.05, 3.63) is 54.4 Å². The van der Waals surface area contributed by atoms with Crippen molar-refractivity contribution >= 4 is 0 Å². The molecule has 0 aliphatic carbocycles. The molecule has 1 N–H and O–H groups in total. The molecule has 0 amide bonds. The van der Waals surface area contributed by atoms with E-state index >= 15 is 0 Å². The molecule has 0 bridgehead atoms. The summed E-state index contributed by atoms with van der Waals surface area (Å²) in [6.45, 7) is 4.17. The molecule has 2 nitrogen and oxygen atoms in total. The topological polar surface area (TPSA) is 24.9 Å². The van der Waals surface area contributed by atoms with Gasteiger partial charge in [-0.05, 0) is 41.8 Å². The molecule has 1 aromatic carbocycles. The lowest BCUT2D eigenvalue weighted by Crippen LogP contribution is -2.14. The van der Waals surface area contributed by atoms with E-state index in [0.29, 0.717) is 0 Å². The standard InChI is InChI=1S/C15H18N2/c1-2-9-17-12-14-5-3-4-6-15(14)13-7-10-16-11-8-13/h3-8,10-11,17H,2,9,12H2,1H3. The molecule has 1 heterocycles.